The van der Waals surface area contributed by atoms with Gasteiger partial charge in [-0.2, -0.15) is 16.4 Å². The van der Waals surface area contributed by atoms with Gasteiger partial charge >= 0.3 is 0 Å². The summed E-state index contributed by atoms with van der Waals surface area (Å²) in [6.45, 7) is 3.98. The predicted molar refractivity (Wildman–Crippen MR) is 93.9 cm³/mol. The van der Waals surface area contributed by atoms with Gasteiger partial charge in [-0.1, -0.05) is 13.8 Å². The van der Waals surface area contributed by atoms with Crippen molar-refractivity contribution >= 4 is 35.1 Å². The topological polar surface area (TPSA) is 70.6 Å². The van der Waals surface area contributed by atoms with Gasteiger partial charge in [0.1, 0.15) is 0 Å². The van der Waals surface area contributed by atoms with Crippen molar-refractivity contribution in [2.24, 2.45) is 11.0 Å². The molecule has 0 radical (unpaired) electrons. The summed E-state index contributed by atoms with van der Waals surface area (Å²) in [6, 6.07) is 8.63. The van der Waals surface area contributed by atoms with Crippen molar-refractivity contribution in [3.8, 4) is 0 Å². The van der Waals surface area contributed by atoms with E-state index in [1.165, 1.54) is 0 Å². The number of hydrogen-bond acceptors (Lipinski definition) is 4. The first-order valence-corrected chi connectivity index (χ1v) is 8.24. The molecule has 0 unspecified atom stereocenters. The van der Waals surface area contributed by atoms with Gasteiger partial charge < -0.3 is 5.32 Å². The minimum atomic E-state index is -0.295. The van der Waals surface area contributed by atoms with E-state index in [2.05, 4.69) is 15.8 Å². The van der Waals surface area contributed by atoms with Crippen LogP contribution in [0.5, 0.6) is 0 Å². The Bertz CT molecular complexity index is 676. The van der Waals surface area contributed by atoms with Gasteiger partial charge in [0.25, 0.3) is 5.91 Å². The van der Waals surface area contributed by atoms with Gasteiger partial charge in [-0.25, -0.2) is 5.43 Å². The number of benzene rings is 1. The monoisotopic (exact) mass is 329 g/mol. The number of hydrazone groups is 1. The molecule has 23 heavy (non-hydrogen) atoms. The highest BCUT2D eigenvalue weighted by molar-refractivity contribution is 7.08. The van der Waals surface area contributed by atoms with Gasteiger partial charge in [-0.15, -0.1) is 0 Å². The van der Waals surface area contributed by atoms with Gasteiger partial charge in [-0.05, 0) is 47.0 Å². The fourth-order valence-corrected chi connectivity index (χ4v) is 2.48. The van der Waals surface area contributed by atoms with Crippen LogP contribution in [0.3, 0.4) is 0 Å². The van der Waals surface area contributed by atoms with Crippen molar-refractivity contribution in [1.82, 2.24) is 5.43 Å². The van der Waals surface area contributed by atoms with E-state index in [0.717, 1.165) is 5.56 Å². The lowest BCUT2D eigenvalue weighted by Crippen LogP contribution is -2.18. The first kappa shape index (κ1) is 16.9. The van der Waals surface area contributed by atoms with Crippen molar-refractivity contribution in [3.63, 3.8) is 0 Å². The molecule has 6 heteroatoms. The number of carbonyl (C=O) groups is 2. The number of amides is 2. The summed E-state index contributed by atoms with van der Waals surface area (Å²) in [5.41, 5.74) is 4.57. The summed E-state index contributed by atoms with van der Waals surface area (Å²) in [6.07, 6.45) is 2.06. The zero-order valence-corrected chi connectivity index (χ0v) is 13.9. The van der Waals surface area contributed by atoms with Gasteiger partial charge in [0.05, 0.1) is 6.21 Å². The van der Waals surface area contributed by atoms with Crippen LogP contribution in [0.2, 0.25) is 0 Å². The fraction of sp³-hybridized carbons (Fsp3) is 0.235. The number of nitrogens with one attached hydrogen (secondary N) is 2. The minimum absolute atomic E-state index is 0.0300. The van der Waals surface area contributed by atoms with Gasteiger partial charge in [0.15, 0.2) is 0 Å². The van der Waals surface area contributed by atoms with E-state index in [1.54, 1.807) is 41.8 Å². The molecule has 0 fully saturated rings. The maximum Gasteiger partial charge on any atom is 0.271 e. The Morgan fingerprint density at radius 2 is 1.96 bits per heavy atom. The van der Waals surface area contributed by atoms with Crippen LogP contribution < -0.4 is 10.7 Å². The van der Waals surface area contributed by atoms with Crippen molar-refractivity contribution in [3.05, 3.63) is 52.2 Å². The molecule has 2 amide bonds. The summed E-state index contributed by atoms with van der Waals surface area (Å²) in [4.78, 5) is 23.6. The molecule has 1 aromatic carbocycles. The summed E-state index contributed by atoms with van der Waals surface area (Å²) in [5, 5.41) is 10.6. The van der Waals surface area contributed by atoms with Crippen LogP contribution in [0.15, 0.2) is 46.2 Å². The fourth-order valence-electron chi connectivity index (χ4n) is 1.87. The quantitative estimate of drug-likeness (QED) is 0.629. The summed E-state index contributed by atoms with van der Waals surface area (Å²) >= 11 is 1.57. The molecule has 1 heterocycles. The lowest BCUT2D eigenvalue weighted by molar-refractivity contribution is -0.116. The van der Waals surface area contributed by atoms with Crippen molar-refractivity contribution in [2.75, 3.05) is 5.32 Å². The van der Waals surface area contributed by atoms with Crippen LogP contribution in [0.4, 0.5) is 5.69 Å². The first-order chi connectivity index (χ1) is 11.0. The Labute approximate surface area is 139 Å². The van der Waals surface area contributed by atoms with E-state index in [4.69, 9.17) is 0 Å². The molecule has 0 saturated carbocycles. The highest BCUT2D eigenvalue weighted by Gasteiger charge is 2.07. The summed E-state index contributed by atoms with van der Waals surface area (Å²) in [5.74, 6) is -0.0183. The van der Waals surface area contributed by atoms with E-state index < -0.39 is 0 Å². The number of carbonyl (C=O) groups excluding carboxylic acids is 2. The van der Waals surface area contributed by atoms with E-state index >= 15 is 0 Å². The van der Waals surface area contributed by atoms with Crippen molar-refractivity contribution in [1.29, 1.82) is 0 Å². The van der Waals surface area contributed by atoms with Crippen LogP contribution in [0, 0.1) is 5.92 Å². The normalized spacial score (nSPS) is 10.9. The second kappa shape index (κ2) is 8.24. The first-order valence-electron chi connectivity index (χ1n) is 7.30. The van der Waals surface area contributed by atoms with Crippen LogP contribution in [-0.4, -0.2) is 18.0 Å². The third kappa shape index (κ3) is 5.67. The lowest BCUT2D eigenvalue weighted by Gasteiger charge is -2.07. The molecular weight excluding hydrogens is 310 g/mol. The summed E-state index contributed by atoms with van der Waals surface area (Å²) < 4.78 is 0. The third-order valence-corrected chi connectivity index (χ3v) is 3.65. The Hall–Kier alpha value is -2.47. The number of thiophene rings is 1. The molecule has 0 spiro atoms. The third-order valence-electron chi connectivity index (χ3n) is 2.95. The molecule has 2 aromatic rings. The zero-order valence-electron chi connectivity index (χ0n) is 13.1. The Morgan fingerprint density at radius 3 is 2.57 bits per heavy atom. The summed E-state index contributed by atoms with van der Waals surface area (Å²) in [7, 11) is 0. The molecule has 0 aliphatic rings. The maximum atomic E-state index is 11.9. The average Bonchev–Trinajstić information content (AvgIpc) is 3.00. The van der Waals surface area contributed by atoms with Gasteiger partial charge in [0, 0.05) is 23.2 Å². The standard InChI is InChI=1S/C17H19N3O2S/c1-12(2)9-16(21)19-15-5-3-14(4-6-15)17(22)20-18-10-13-7-8-23-11-13/h3-8,10-12H,9H2,1-2H3,(H,19,21)(H,20,22)/b18-10-. The molecule has 2 rings (SSSR count). The number of anilines is 1. The van der Waals surface area contributed by atoms with Crippen molar-refractivity contribution in [2.45, 2.75) is 20.3 Å². The second-order valence-electron chi connectivity index (χ2n) is 5.48. The van der Waals surface area contributed by atoms with Gasteiger partial charge in [0.2, 0.25) is 5.91 Å². The Balaban J connectivity index is 1.88. The number of nitrogens with zero attached hydrogens (tertiary/aromatic N) is 1. The molecule has 2 N–H and O–H groups in total. The molecule has 0 atom stereocenters. The minimum Gasteiger partial charge on any atom is -0.326 e. The molecule has 0 aliphatic heterocycles. The molecule has 120 valence electrons. The zero-order chi connectivity index (χ0) is 16.7. The highest BCUT2D eigenvalue weighted by atomic mass is 32.1. The molecular formula is C17H19N3O2S. The van der Waals surface area contributed by atoms with Crippen LogP contribution in [0.25, 0.3) is 0 Å². The maximum absolute atomic E-state index is 11.9. The van der Waals surface area contributed by atoms with E-state index in [9.17, 15) is 9.59 Å². The predicted octanol–water partition coefficient (Wildman–Crippen LogP) is 3.50. The largest absolute Gasteiger partial charge is 0.326 e. The smallest absolute Gasteiger partial charge is 0.271 e. The average molecular weight is 329 g/mol. The number of rotatable bonds is 6. The van der Waals surface area contributed by atoms with Crippen LogP contribution in [-0.2, 0) is 4.79 Å². The molecule has 0 saturated heterocycles. The van der Waals surface area contributed by atoms with E-state index in [1.807, 2.05) is 30.7 Å². The SMILES string of the molecule is CC(C)CC(=O)Nc1ccc(C(=O)N/N=C\c2ccsc2)cc1. The number of hydrogen-bond donors (Lipinski definition) is 2. The van der Waals surface area contributed by atoms with Crippen LogP contribution in [0.1, 0.15) is 36.2 Å². The molecule has 0 aliphatic carbocycles. The Kier molecular flexibility index (Phi) is 6.05. The van der Waals surface area contributed by atoms with Crippen LogP contribution >= 0.6 is 11.3 Å². The molecule has 1 aromatic heterocycles. The van der Waals surface area contributed by atoms with Crippen molar-refractivity contribution < 1.29 is 9.59 Å². The highest BCUT2D eigenvalue weighted by Crippen LogP contribution is 2.11. The van der Waals surface area contributed by atoms with Gasteiger partial charge in [-0.3, -0.25) is 9.59 Å². The lowest BCUT2D eigenvalue weighted by atomic mass is 10.1. The molecule has 5 nitrogen and oxygen atoms in total. The van der Waals surface area contributed by atoms with E-state index in [0.29, 0.717) is 23.6 Å². The van der Waals surface area contributed by atoms with E-state index in [-0.39, 0.29) is 11.8 Å². The molecule has 0 bridgehead atoms. The Morgan fingerprint density at radius 1 is 1.22 bits per heavy atom. The second-order valence-corrected chi connectivity index (χ2v) is 6.26.